The number of piperazine rings is 1. The Morgan fingerprint density at radius 3 is 2.19 bits per heavy atom. The monoisotopic (exact) mass is 280 g/mol. The molecule has 0 N–H and O–H groups in total. The maximum Gasteiger partial charge on any atom is 0.0369 e. The molecule has 2 heteroatoms. The molecule has 1 heterocycles. The van der Waals surface area contributed by atoms with Crippen LogP contribution in [-0.4, -0.2) is 31.1 Å². The summed E-state index contributed by atoms with van der Waals surface area (Å²) in [5.74, 6) is 0. The van der Waals surface area contributed by atoms with E-state index in [1.165, 1.54) is 22.4 Å². The lowest BCUT2D eigenvalue weighted by Crippen LogP contribution is -2.46. The molecule has 0 unspecified atom stereocenters. The van der Waals surface area contributed by atoms with Crippen molar-refractivity contribution in [2.24, 2.45) is 0 Å². The number of anilines is 1. The van der Waals surface area contributed by atoms with Crippen molar-refractivity contribution in [3.05, 3.63) is 65.2 Å². The summed E-state index contributed by atoms with van der Waals surface area (Å²) in [7, 11) is 0. The van der Waals surface area contributed by atoms with Gasteiger partial charge in [-0.3, -0.25) is 4.90 Å². The van der Waals surface area contributed by atoms with E-state index >= 15 is 0 Å². The second-order valence-electron chi connectivity index (χ2n) is 6.02. The van der Waals surface area contributed by atoms with Crippen molar-refractivity contribution in [2.45, 2.75) is 20.4 Å². The first-order valence-electron chi connectivity index (χ1n) is 7.81. The lowest BCUT2D eigenvalue weighted by molar-refractivity contribution is 0.250. The van der Waals surface area contributed by atoms with Gasteiger partial charge in [0.1, 0.15) is 0 Å². The molecule has 1 saturated heterocycles. The molecule has 0 radical (unpaired) electrons. The average molecular weight is 280 g/mol. The van der Waals surface area contributed by atoms with Crippen LogP contribution in [-0.2, 0) is 6.54 Å². The minimum Gasteiger partial charge on any atom is -0.369 e. The van der Waals surface area contributed by atoms with E-state index in [0.29, 0.717) is 0 Å². The summed E-state index contributed by atoms with van der Waals surface area (Å²) in [6.45, 7) is 9.97. The van der Waals surface area contributed by atoms with Crippen LogP contribution in [0.1, 0.15) is 16.7 Å². The predicted octanol–water partition coefficient (Wildman–Crippen LogP) is 3.63. The fraction of sp³-hybridized carbons (Fsp3) is 0.368. The van der Waals surface area contributed by atoms with Crippen molar-refractivity contribution in [3.8, 4) is 0 Å². The van der Waals surface area contributed by atoms with Gasteiger partial charge in [-0.05, 0) is 42.7 Å². The number of benzene rings is 2. The Kier molecular flexibility index (Phi) is 4.26. The molecule has 2 nitrogen and oxygen atoms in total. The van der Waals surface area contributed by atoms with Crippen molar-refractivity contribution in [2.75, 3.05) is 31.1 Å². The third-order valence-corrected chi connectivity index (χ3v) is 4.48. The van der Waals surface area contributed by atoms with E-state index in [1.807, 2.05) is 0 Å². The summed E-state index contributed by atoms with van der Waals surface area (Å²) in [4.78, 5) is 5.06. The maximum absolute atomic E-state index is 2.55. The van der Waals surface area contributed by atoms with Gasteiger partial charge in [0, 0.05) is 38.4 Å². The standard InChI is InChI=1S/C19H24N2/c1-16-8-9-19(14-17(16)2)21-12-10-20(11-13-21)15-18-6-4-3-5-7-18/h3-9,14H,10-13,15H2,1-2H3. The summed E-state index contributed by atoms with van der Waals surface area (Å²) in [5, 5.41) is 0. The molecule has 0 saturated carbocycles. The summed E-state index contributed by atoms with van der Waals surface area (Å²) >= 11 is 0. The topological polar surface area (TPSA) is 6.48 Å². The molecule has 2 aromatic carbocycles. The molecule has 0 aliphatic carbocycles. The molecule has 1 aliphatic heterocycles. The van der Waals surface area contributed by atoms with Crippen LogP contribution in [0.4, 0.5) is 5.69 Å². The Hall–Kier alpha value is -1.80. The zero-order valence-electron chi connectivity index (χ0n) is 13.0. The highest BCUT2D eigenvalue weighted by atomic mass is 15.3. The number of hydrogen-bond donors (Lipinski definition) is 0. The molecule has 1 aliphatic rings. The third-order valence-electron chi connectivity index (χ3n) is 4.48. The van der Waals surface area contributed by atoms with Gasteiger partial charge in [0.05, 0.1) is 0 Å². The summed E-state index contributed by atoms with van der Waals surface area (Å²) in [6, 6.07) is 17.6. The quantitative estimate of drug-likeness (QED) is 0.847. The largest absolute Gasteiger partial charge is 0.369 e. The van der Waals surface area contributed by atoms with Crippen molar-refractivity contribution in [1.82, 2.24) is 4.90 Å². The second kappa shape index (κ2) is 6.31. The van der Waals surface area contributed by atoms with Gasteiger partial charge in [0.15, 0.2) is 0 Å². The molecular weight excluding hydrogens is 256 g/mol. The maximum atomic E-state index is 2.55. The Balaban J connectivity index is 1.58. The van der Waals surface area contributed by atoms with Crippen LogP contribution in [0.5, 0.6) is 0 Å². The van der Waals surface area contributed by atoms with Crippen molar-refractivity contribution in [1.29, 1.82) is 0 Å². The van der Waals surface area contributed by atoms with Gasteiger partial charge in [-0.2, -0.15) is 0 Å². The highest BCUT2D eigenvalue weighted by Crippen LogP contribution is 2.20. The molecule has 2 aromatic rings. The molecule has 0 spiro atoms. The first-order chi connectivity index (χ1) is 10.2. The van der Waals surface area contributed by atoms with E-state index in [-0.39, 0.29) is 0 Å². The van der Waals surface area contributed by atoms with Crippen molar-refractivity contribution < 1.29 is 0 Å². The van der Waals surface area contributed by atoms with Gasteiger partial charge in [-0.15, -0.1) is 0 Å². The van der Waals surface area contributed by atoms with E-state index in [4.69, 9.17) is 0 Å². The highest BCUT2D eigenvalue weighted by molar-refractivity contribution is 5.51. The molecule has 0 amide bonds. The van der Waals surface area contributed by atoms with Crippen LogP contribution in [0.25, 0.3) is 0 Å². The van der Waals surface area contributed by atoms with Crippen LogP contribution in [0, 0.1) is 13.8 Å². The molecule has 0 aromatic heterocycles. The third kappa shape index (κ3) is 3.45. The van der Waals surface area contributed by atoms with Crippen LogP contribution in [0.3, 0.4) is 0 Å². The highest BCUT2D eigenvalue weighted by Gasteiger charge is 2.17. The van der Waals surface area contributed by atoms with Crippen LogP contribution >= 0.6 is 0 Å². The smallest absolute Gasteiger partial charge is 0.0369 e. The summed E-state index contributed by atoms with van der Waals surface area (Å²) in [5.41, 5.74) is 5.55. The molecule has 3 rings (SSSR count). The predicted molar refractivity (Wildman–Crippen MR) is 89.8 cm³/mol. The Bertz CT molecular complexity index is 584. The lowest BCUT2D eigenvalue weighted by Gasteiger charge is -2.36. The zero-order valence-corrected chi connectivity index (χ0v) is 13.0. The van der Waals surface area contributed by atoms with Crippen LogP contribution in [0.15, 0.2) is 48.5 Å². The molecule has 1 fully saturated rings. The Labute approximate surface area is 128 Å². The average Bonchev–Trinajstić information content (AvgIpc) is 2.52. The first-order valence-corrected chi connectivity index (χ1v) is 7.81. The number of hydrogen-bond acceptors (Lipinski definition) is 2. The molecule has 0 atom stereocenters. The van der Waals surface area contributed by atoms with Crippen LogP contribution < -0.4 is 4.90 Å². The Morgan fingerprint density at radius 1 is 0.810 bits per heavy atom. The van der Waals surface area contributed by atoms with Gasteiger partial charge >= 0.3 is 0 Å². The minimum atomic E-state index is 1.07. The van der Waals surface area contributed by atoms with Gasteiger partial charge in [-0.1, -0.05) is 36.4 Å². The first kappa shape index (κ1) is 14.2. The van der Waals surface area contributed by atoms with E-state index in [9.17, 15) is 0 Å². The fourth-order valence-electron chi connectivity index (χ4n) is 2.93. The molecule has 21 heavy (non-hydrogen) atoms. The molecule has 110 valence electrons. The fourth-order valence-corrected chi connectivity index (χ4v) is 2.93. The Morgan fingerprint density at radius 2 is 1.52 bits per heavy atom. The van der Waals surface area contributed by atoms with E-state index in [1.54, 1.807) is 0 Å². The zero-order chi connectivity index (χ0) is 14.7. The van der Waals surface area contributed by atoms with Crippen LogP contribution in [0.2, 0.25) is 0 Å². The van der Waals surface area contributed by atoms with E-state index in [0.717, 1.165) is 32.7 Å². The summed E-state index contributed by atoms with van der Waals surface area (Å²) < 4.78 is 0. The second-order valence-corrected chi connectivity index (χ2v) is 6.02. The number of aryl methyl sites for hydroxylation is 2. The van der Waals surface area contributed by atoms with Crippen molar-refractivity contribution >= 4 is 5.69 Å². The SMILES string of the molecule is Cc1ccc(N2CCN(Cc3ccccc3)CC2)cc1C. The lowest BCUT2D eigenvalue weighted by atomic mass is 10.1. The van der Waals surface area contributed by atoms with Gasteiger partial charge in [0.25, 0.3) is 0 Å². The van der Waals surface area contributed by atoms with E-state index < -0.39 is 0 Å². The molecular formula is C19H24N2. The minimum absolute atomic E-state index is 1.07. The van der Waals surface area contributed by atoms with Gasteiger partial charge < -0.3 is 4.90 Å². The molecule has 0 bridgehead atoms. The summed E-state index contributed by atoms with van der Waals surface area (Å²) in [6.07, 6.45) is 0. The number of nitrogens with zero attached hydrogens (tertiary/aromatic N) is 2. The normalized spacial score (nSPS) is 16.2. The number of rotatable bonds is 3. The van der Waals surface area contributed by atoms with E-state index in [2.05, 4.69) is 72.2 Å². The van der Waals surface area contributed by atoms with Gasteiger partial charge in [0.2, 0.25) is 0 Å². The van der Waals surface area contributed by atoms with Crippen molar-refractivity contribution in [3.63, 3.8) is 0 Å². The van der Waals surface area contributed by atoms with Gasteiger partial charge in [-0.25, -0.2) is 0 Å².